The predicted molar refractivity (Wildman–Crippen MR) is 53.1 cm³/mol. The van der Waals surface area contributed by atoms with Gasteiger partial charge in [0.1, 0.15) is 6.54 Å². The molecule has 0 spiro atoms. The van der Waals surface area contributed by atoms with Gasteiger partial charge in [-0.25, -0.2) is 4.79 Å². The standard InChI is InChI=1S/C9H8N2O2.K/c12-8-6-11(9(13)10-8)7-4-2-1-3-5-7;/h1-5H,6H2,(H,10,12,13);. The summed E-state index contributed by atoms with van der Waals surface area (Å²) in [6, 6.07) is 8.74. The molecule has 4 nitrogen and oxygen atoms in total. The Bertz CT molecular complexity index is 353. The zero-order valence-corrected chi connectivity index (χ0v) is 11.0. The molecule has 0 atom stereocenters. The van der Waals surface area contributed by atoms with Crippen molar-refractivity contribution in [3.8, 4) is 0 Å². The molecule has 1 aromatic carbocycles. The van der Waals surface area contributed by atoms with Gasteiger partial charge in [0.05, 0.1) is 0 Å². The third kappa shape index (κ3) is 2.43. The number of carbonyl (C=O) groups excluding carboxylic acids is 2. The number of hydrogen-bond acceptors (Lipinski definition) is 2. The van der Waals surface area contributed by atoms with E-state index in [1.165, 1.54) is 4.90 Å². The second kappa shape index (κ2) is 5.04. The van der Waals surface area contributed by atoms with Gasteiger partial charge in [0.15, 0.2) is 0 Å². The van der Waals surface area contributed by atoms with Crippen LogP contribution in [0.2, 0.25) is 0 Å². The number of para-hydroxylation sites is 1. The molecule has 14 heavy (non-hydrogen) atoms. The van der Waals surface area contributed by atoms with Crippen molar-refractivity contribution >= 4 is 69.0 Å². The Morgan fingerprint density at radius 3 is 2.29 bits per heavy atom. The minimum Gasteiger partial charge on any atom is -0.285 e. The van der Waals surface area contributed by atoms with Gasteiger partial charge in [-0.05, 0) is 12.1 Å². The zero-order chi connectivity index (χ0) is 9.26. The SMILES string of the molecule is O=C1CN(c2ccccc2)C(=O)N1.[K]. The van der Waals surface area contributed by atoms with Crippen LogP contribution in [0.3, 0.4) is 0 Å². The van der Waals surface area contributed by atoms with E-state index in [1.54, 1.807) is 12.1 Å². The molecule has 0 aliphatic carbocycles. The van der Waals surface area contributed by atoms with Crippen LogP contribution in [0.4, 0.5) is 10.5 Å². The first-order chi connectivity index (χ1) is 6.27. The van der Waals surface area contributed by atoms with Crippen LogP contribution in [0, 0.1) is 0 Å². The molecule has 0 bridgehead atoms. The molecular formula is C9H8KN2O2. The van der Waals surface area contributed by atoms with E-state index >= 15 is 0 Å². The second-order valence-electron chi connectivity index (χ2n) is 2.78. The summed E-state index contributed by atoms with van der Waals surface area (Å²) in [7, 11) is 0. The van der Waals surface area contributed by atoms with Crippen molar-refractivity contribution in [2.45, 2.75) is 0 Å². The van der Waals surface area contributed by atoms with Crippen molar-refractivity contribution in [2.75, 3.05) is 11.4 Å². The summed E-state index contributed by atoms with van der Waals surface area (Å²) in [6.07, 6.45) is 0. The molecule has 1 aliphatic rings. The quantitative estimate of drug-likeness (QED) is 0.543. The molecule has 1 aliphatic heterocycles. The van der Waals surface area contributed by atoms with Gasteiger partial charge < -0.3 is 0 Å². The van der Waals surface area contributed by atoms with E-state index in [4.69, 9.17) is 0 Å². The smallest absolute Gasteiger partial charge is 0.285 e. The largest absolute Gasteiger partial charge is 0.329 e. The predicted octanol–water partition coefficient (Wildman–Crippen LogP) is 0.362. The van der Waals surface area contributed by atoms with Crippen LogP contribution < -0.4 is 10.2 Å². The summed E-state index contributed by atoms with van der Waals surface area (Å²) in [6.45, 7) is 0.114. The molecule has 1 radical (unpaired) electrons. The average molecular weight is 215 g/mol. The number of rotatable bonds is 1. The normalized spacial score (nSPS) is 15.0. The van der Waals surface area contributed by atoms with Crippen LogP contribution >= 0.6 is 0 Å². The van der Waals surface area contributed by atoms with Crippen LogP contribution in [0.25, 0.3) is 0 Å². The number of imide groups is 1. The molecule has 5 heteroatoms. The Hall–Kier alpha value is -0.204. The van der Waals surface area contributed by atoms with Gasteiger partial charge in [0.25, 0.3) is 0 Å². The van der Waals surface area contributed by atoms with Gasteiger partial charge in [-0.2, -0.15) is 0 Å². The topological polar surface area (TPSA) is 49.4 Å². The van der Waals surface area contributed by atoms with Crippen LogP contribution in [0.1, 0.15) is 0 Å². The first-order valence-electron chi connectivity index (χ1n) is 3.94. The number of nitrogens with zero attached hydrogens (tertiary/aromatic N) is 1. The molecule has 1 fully saturated rings. The van der Waals surface area contributed by atoms with Crippen molar-refractivity contribution in [2.24, 2.45) is 0 Å². The Morgan fingerprint density at radius 2 is 1.79 bits per heavy atom. The van der Waals surface area contributed by atoms with E-state index < -0.39 is 0 Å². The van der Waals surface area contributed by atoms with Gasteiger partial charge >= 0.3 is 6.03 Å². The number of anilines is 1. The fraction of sp³-hybridized carbons (Fsp3) is 0.111. The van der Waals surface area contributed by atoms with Crippen LogP contribution in [-0.4, -0.2) is 69.9 Å². The fourth-order valence-electron chi connectivity index (χ4n) is 1.26. The number of hydrogen-bond donors (Lipinski definition) is 1. The number of amides is 3. The van der Waals surface area contributed by atoms with E-state index in [0.717, 1.165) is 5.69 Å². The Kier molecular flexibility index (Phi) is 4.27. The van der Waals surface area contributed by atoms with E-state index in [-0.39, 0.29) is 69.9 Å². The first-order valence-corrected chi connectivity index (χ1v) is 3.94. The van der Waals surface area contributed by atoms with Crippen molar-refractivity contribution in [1.29, 1.82) is 0 Å². The molecule has 0 aromatic heterocycles. The molecular weight excluding hydrogens is 207 g/mol. The molecule has 3 amide bonds. The first kappa shape index (κ1) is 11.9. The monoisotopic (exact) mass is 215 g/mol. The summed E-state index contributed by atoms with van der Waals surface area (Å²) in [5.74, 6) is -0.256. The Balaban J connectivity index is 0.000000980. The van der Waals surface area contributed by atoms with E-state index in [9.17, 15) is 9.59 Å². The van der Waals surface area contributed by atoms with E-state index in [0.29, 0.717) is 0 Å². The minimum absolute atomic E-state index is 0. The van der Waals surface area contributed by atoms with Crippen molar-refractivity contribution in [3.05, 3.63) is 30.3 Å². The molecule has 2 rings (SSSR count). The van der Waals surface area contributed by atoms with Crippen LogP contribution in [0.5, 0.6) is 0 Å². The van der Waals surface area contributed by atoms with Gasteiger partial charge in [-0.3, -0.25) is 15.0 Å². The Morgan fingerprint density at radius 1 is 1.14 bits per heavy atom. The van der Waals surface area contributed by atoms with Gasteiger partial charge in [0, 0.05) is 57.1 Å². The van der Waals surface area contributed by atoms with Gasteiger partial charge in [-0.15, -0.1) is 0 Å². The fourth-order valence-corrected chi connectivity index (χ4v) is 1.26. The number of urea groups is 1. The van der Waals surface area contributed by atoms with E-state index in [2.05, 4.69) is 5.32 Å². The molecule has 0 saturated carbocycles. The molecule has 1 heterocycles. The summed E-state index contributed by atoms with van der Waals surface area (Å²) in [4.78, 5) is 23.4. The van der Waals surface area contributed by atoms with Crippen molar-refractivity contribution in [3.63, 3.8) is 0 Å². The minimum atomic E-state index is -0.351. The van der Waals surface area contributed by atoms with Crippen LogP contribution in [-0.2, 0) is 4.79 Å². The third-order valence-corrected chi connectivity index (χ3v) is 1.86. The van der Waals surface area contributed by atoms with Crippen molar-refractivity contribution in [1.82, 2.24) is 5.32 Å². The Labute approximate surface area is 124 Å². The van der Waals surface area contributed by atoms with Crippen LogP contribution in [0.15, 0.2) is 30.3 Å². The summed E-state index contributed by atoms with van der Waals surface area (Å²) in [5.41, 5.74) is 0.742. The maximum Gasteiger partial charge on any atom is 0.329 e. The molecule has 1 saturated heterocycles. The second-order valence-corrected chi connectivity index (χ2v) is 2.78. The van der Waals surface area contributed by atoms with Crippen molar-refractivity contribution < 1.29 is 9.59 Å². The van der Waals surface area contributed by atoms with Gasteiger partial charge in [-0.1, -0.05) is 18.2 Å². The summed E-state index contributed by atoms with van der Waals surface area (Å²) >= 11 is 0. The number of benzene rings is 1. The molecule has 1 N–H and O–H groups in total. The maximum atomic E-state index is 11.2. The molecule has 0 unspecified atom stereocenters. The number of carbonyl (C=O) groups is 2. The zero-order valence-electron chi connectivity index (χ0n) is 7.86. The number of nitrogens with one attached hydrogen (secondary N) is 1. The summed E-state index contributed by atoms with van der Waals surface area (Å²) in [5, 5.41) is 2.21. The maximum absolute atomic E-state index is 11.2. The molecule has 67 valence electrons. The van der Waals surface area contributed by atoms with E-state index in [1.807, 2.05) is 18.2 Å². The third-order valence-electron chi connectivity index (χ3n) is 1.86. The van der Waals surface area contributed by atoms with Gasteiger partial charge in [0.2, 0.25) is 5.91 Å². The summed E-state index contributed by atoms with van der Waals surface area (Å²) < 4.78 is 0. The molecule has 1 aromatic rings. The average Bonchev–Trinajstić information content (AvgIpc) is 2.47.